The lowest BCUT2D eigenvalue weighted by atomic mass is 10.2. The van der Waals surface area contributed by atoms with Gasteiger partial charge in [-0.1, -0.05) is 19.8 Å². The third kappa shape index (κ3) is 5.24. The Bertz CT molecular complexity index is 335. The fourth-order valence-corrected chi connectivity index (χ4v) is 1.35. The molecule has 1 aromatic rings. The lowest BCUT2D eigenvalue weighted by Crippen LogP contribution is -2.27. The molecule has 0 atom stereocenters. The minimum Gasteiger partial charge on any atom is -0.497 e. The molecule has 1 rings (SSSR count). The number of ether oxygens (including phenoxy) is 2. The van der Waals surface area contributed by atoms with E-state index in [1.165, 1.54) is 0 Å². The number of carbonyl (C=O) groups excluding carboxylic acids is 1. The first-order valence-electron chi connectivity index (χ1n) is 5.86. The summed E-state index contributed by atoms with van der Waals surface area (Å²) in [7, 11) is 1.59. The molecule has 1 aromatic carbocycles. The van der Waals surface area contributed by atoms with Crippen LogP contribution in [0.25, 0.3) is 0 Å². The second kappa shape index (κ2) is 7.54. The second-order valence-electron chi connectivity index (χ2n) is 3.70. The summed E-state index contributed by atoms with van der Waals surface area (Å²) >= 11 is 0. The minimum absolute atomic E-state index is 0.411. The third-order valence-electron chi connectivity index (χ3n) is 2.32. The number of hydrogen-bond acceptors (Lipinski definition) is 3. The van der Waals surface area contributed by atoms with Gasteiger partial charge in [0.15, 0.2) is 0 Å². The fraction of sp³-hybridized carbons (Fsp3) is 0.462. The van der Waals surface area contributed by atoms with E-state index in [1.54, 1.807) is 31.4 Å². The Morgan fingerprint density at radius 1 is 1.18 bits per heavy atom. The van der Waals surface area contributed by atoms with Gasteiger partial charge in [0, 0.05) is 6.54 Å². The van der Waals surface area contributed by atoms with E-state index in [-0.39, 0.29) is 0 Å². The average Bonchev–Trinajstić information content (AvgIpc) is 2.36. The van der Waals surface area contributed by atoms with Gasteiger partial charge in [-0.05, 0) is 30.7 Å². The molecule has 1 N–H and O–H groups in total. The topological polar surface area (TPSA) is 47.6 Å². The van der Waals surface area contributed by atoms with Gasteiger partial charge in [-0.15, -0.1) is 0 Å². The highest BCUT2D eigenvalue weighted by Gasteiger charge is 2.03. The molecular formula is C13H19NO3. The van der Waals surface area contributed by atoms with E-state index in [1.807, 2.05) is 0 Å². The highest BCUT2D eigenvalue weighted by molar-refractivity contribution is 5.70. The lowest BCUT2D eigenvalue weighted by molar-refractivity contribution is 0.200. The van der Waals surface area contributed by atoms with E-state index in [0.29, 0.717) is 12.3 Å². The molecule has 0 spiro atoms. The van der Waals surface area contributed by atoms with Crippen molar-refractivity contribution in [2.45, 2.75) is 26.2 Å². The van der Waals surface area contributed by atoms with E-state index < -0.39 is 6.09 Å². The van der Waals surface area contributed by atoms with Crippen LogP contribution in [0.15, 0.2) is 24.3 Å². The number of amides is 1. The van der Waals surface area contributed by atoms with Gasteiger partial charge in [0.05, 0.1) is 7.11 Å². The summed E-state index contributed by atoms with van der Waals surface area (Å²) in [4.78, 5) is 11.4. The Balaban J connectivity index is 2.29. The van der Waals surface area contributed by atoms with Gasteiger partial charge in [-0.3, -0.25) is 0 Å². The monoisotopic (exact) mass is 237 g/mol. The molecule has 0 saturated carbocycles. The second-order valence-corrected chi connectivity index (χ2v) is 3.70. The van der Waals surface area contributed by atoms with Crippen LogP contribution in [0.2, 0.25) is 0 Å². The van der Waals surface area contributed by atoms with Crippen molar-refractivity contribution in [2.24, 2.45) is 0 Å². The zero-order chi connectivity index (χ0) is 12.5. The Kier molecular flexibility index (Phi) is 5.93. The van der Waals surface area contributed by atoms with Gasteiger partial charge >= 0.3 is 6.09 Å². The first-order valence-corrected chi connectivity index (χ1v) is 5.86. The Morgan fingerprint density at radius 3 is 2.41 bits per heavy atom. The van der Waals surface area contributed by atoms with Crippen LogP contribution in [0, 0.1) is 0 Å². The summed E-state index contributed by atoms with van der Waals surface area (Å²) in [5, 5.41) is 2.70. The van der Waals surface area contributed by atoms with Crippen molar-refractivity contribution in [3.8, 4) is 11.5 Å². The summed E-state index contributed by atoms with van der Waals surface area (Å²) in [6.07, 6.45) is 2.82. The summed E-state index contributed by atoms with van der Waals surface area (Å²) in [6, 6.07) is 6.90. The first kappa shape index (κ1) is 13.4. The van der Waals surface area contributed by atoms with E-state index in [9.17, 15) is 4.79 Å². The van der Waals surface area contributed by atoms with Crippen LogP contribution in [-0.2, 0) is 0 Å². The molecule has 0 heterocycles. The molecule has 0 aromatic heterocycles. The molecule has 0 aliphatic carbocycles. The van der Waals surface area contributed by atoms with Gasteiger partial charge in [-0.2, -0.15) is 0 Å². The normalized spacial score (nSPS) is 9.76. The molecule has 0 aliphatic heterocycles. The van der Waals surface area contributed by atoms with Gasteiger partial charge < -0.3 is 14.8 Å². The Labute approximate surface area is 102 Å². The third-order valence-corrected chi connectivity index (χ3v) is 2.32. The molecule has 0 aliphatic rings. The zero-order valence-corrected chi connectivity index (χ0v) is 10.4. The molecule has 0 fully saturated rings. The van der Waals surface area contributed by atoms with Crippen molar-refractivity contribution in [3.05, 3.63) is 24.3 Å². The van der Waals surface area contributed by atoms with Gasteiger partial charge in [-0.25, -0.2) is 4.79 Å². The molecule has 0 radical (unpaired) electrons. The van der Waals surface area contributed by atoms with Crippen molar-refractivity contribution < 1.29 is 14.3 Å². The van der Waals surface area contributed by atoms with Crippen LogP contribution < -0.4 is 14.8 Å². The highest BCUT2D eigenvalue weighted by atomic mass is 16.6. The maximum atomic E-state index is 11.4. The number of nitrogens with one attached hydrogen (secondary N) is 1. The van der Waals surface area contributed by atoms with Crippen LogP contribution in [0.4, 0.5) is 4.79 Å². The molecule has 4 heteroatoms. The van der Waals surface area contributed by atoms with Crippen LogP contribution in [-0.4, -0.2) is 19.7 Å². The number of unbranched alkanes of at least 4 members (excludes halogenated alkanes) is 2. The van der Waals surface area contributed by atoms with E-state index >= 15 is 0 Å². The molecule has 0 saturated heterocycles. The predicted molar refractivity (Wildman–Crippen MR) is 66.5 cm³/mol. The Morgan fingerprint density at radius 2 is 1.82 bits per heavy atom. The van der Waals surface area contributed by atoms with Crippen molar-refractivity contribution in [1.82, 2.24) is 5.32 Å². The van der Waals surface area contributed by atoms with E-state index in [2.05, 4.69) is 12.2 Å². The molecule has 4 nitrogen and oxygen atoms in total. The van der Waals surface area contributed by atoms with Gasteiger partial charge in [0.1, 0.15) is 11.5 Å². The van der Waals surface area contributed by atoms with Gasteiger partial charge in [0.25, 0.3) is 0 Å². The van der Waals surface area contributed by atoms with Crippen molar-refractivity contribution in [3.63, 3.8) is 0 Å². The standard InChI is InChI=1S/C13H19NO3/c1-3-4-5-10-14-13(15)17-12-8-6-11(16-2)7-9-12/h6-9H,3-5,10H2,1-2H3,(H,14,15). The largest absolute Gasteiger partial charge is 0.497 e. The number of hydrogen-bond donors (Lipinski definition) is 1. The number of rotatable bonds is 6. The SMILES string of the molecule is CCCCCNC(=O)Oc1ccc(OC)cc1. The van der Waals surface area contributed by atoms with Crippen LogP contribution in [0.5, 0.6) is 11.5 Å². The molecule has 0 bridgehead atoms. The number of methoxy groups -OCH3 is 1. The molecule has 0 unspecified atom stereocenters. The molecule has 94 valence electrons. The molecule has 17 heavy (non-hydrogen) atoms. The number of carbonyl (C=O) groups is 1. The smallest absolute Gasteiger partial charge is 0.412 e. The average molecular weight is 237 g/mol. The van der Waals surface area contributed by atoms with Crippen molar-refractivity contribution in [2.75, 3.05) is 13.7 Å². The van der Waals surface area contributed by atoms with E-state index in [4.69, 9.17) is 9.47 Å². The van der Waals surface area contributed by atoms with Gasteiger partial charge in [0.2, 0.25) is 0 Å². The predicted octanol–water partition coefficient (Wildman–Crippen LogP) is 2.97. The maximum Gasteiger partial charge on any atom is 0.412 e. The minimum atomic E-state index is -0.411. The van der Waals surface area contributed by atoms with Crippen molar-refractivity contribution in [1.29, 1.82) is 0 Å². The highest BCUT2D eigenvalue weighted by Crippen LogP contribution is 2.16. The van der Waals surface area contributed by atoms with Crippen LogP contribution in [0.3, 0.4) is 0 Å². The van der Waals surface area contributed by atoms with Crippen LogP contribution >= 0.6 is 0 Å². The molecule has 1 amide bonds. The number of benzene rings is 1. The lowest BCUT2D eigenvalue weighted by Gasteiger charge is -2.06. The summed E-state index contributed by atoms with van der Waals surface area (Å²) < 4.78 is 10.1. The first-order chi connectivity index (χ1) is 8.26. The Hall–Kier alpha value is -1.71. The summed E-state index contributed by atoms with van der Waals surface area (Å²) in [6.45, 7) is 2.78. The zero-order valence-electron chi connectivity index (χ0n) is 10.4. The maximum absolute atomic E-state index is 11.4. The fourth-order valence-electron chi connectivity index (χ4n) is 1.35. The van der Waals surface area contributed by atoms with Crippen molar-refractivity contribution >= 4 is 6.09 Å². The van der Waals surface area contributed by atoms with Crippen LogP contribution in [0.1, 0.15) is 26.2 Å². The molecular weight excluding hydrogens is 218 g/mol. The quantitative estimate of drug-likeness (QED) is 0.774. The summed E-state index contributed by atoms with van der Waals surface area (Å²) in [5.41, 5.74) is 0. The summed E-state index contributed by atoms with van der Waals surface area (Å²) in [5.74, 6) is 1.25. The van der Waals surface area contributed by atoms with E-state index in [0.717, 1.165) is 25.0 Å².